The minimum Gasteiger partial charge on any atom is -0.255 e. The second-order valence-corrected chi connectivity index (χ2v) is 5.45. The van der Waals surface area contributed by atoms with E-state index >= 15 is 0 Å². The van der Waals surface area contributed by atoms with Gasteiger partial charge in [-0.25, -0.2) is 0 Å². The van der Waals surface area contributed by atoms with Gasteiger partial charge in [0.25, 0.3) is 0 Å². The van der Waals surface area contributed by atoms with Gasteiger partial charge in [-0.05, 0) is 23.8 Å². The number of hydrogen-bond acceptors (Lipinski definition) is 2. The van der Waals surface area contributed by atoms with Gasteiger partial charge in [-0.15, -0.1) is 0 Å². The molecule has 0 saturated carbocycles. The maximum Gasteiger partial charge on any atom is 0.417 e. The van der Waals surface area contributed by atoms with Gasteiger partial charge < -0.3 is 0 Å². The first-order valence-corrected chi connectivity index (χ1v) is 6.96. The molecule has 0 atom stereocenters. The van der Waals surface area contributed by atoms with E-state index in [1.807, 2.05) is 6.07 Å². The van der Waals surface area contributed by atoms with Crippen LogP contribution in [-0.2, 0) is 12.6 Å². The van der Waals surface area contributed by atoms with Gasteiger partial charge in [0.2, 0.25) is 0 Å². The molecular formula is C14H6Cl3F3N2. The summed E-state index contributed by atoms with van der Waals surface area (Å²) in [5, 5.41) is 9.17. The average molecular weight is 366 g/mol. The fraction of sp³-hybridized carbons (Fsp3) is 0.143. The van der Waals surface area contributed by atoms with Crippen LogP contribution in [0.2, 0.25) is 15.1 Å². The van der Waals surface area contributed by atoms with Crippen LogP contribution in [0.5, 0.6) is 0 Å². The molecule has 0 saturated heterocycles. The topological polar surface area (TPSA) is 36.7 Å². The van der Waals surface area contributed by atoms with Crippen molar-refractivity contribution in [1.82, 2.24) is 4.98 Å². The van der Waals surface area contributed by atoms with Crippen molar-refractivity contribution in [3.05, 3.63) is 50.6 Å². The Bertz CT molecular complexity index is 767. The predicted octanol–water partition coefficient (Wildman–Crippen LogP) is 5.79. The van der Waals surface area contributed by atoms with Crippen LogP contribution in [0.1, 0.15) is 11.1 Å². The smallest absolute Gasteiger partial charge is 0.255 e. The van der Waals surface area contributed by atoms with Gasteiger partial charge in [-0.2, -0.15) is 18.4 Å². The van der Waals surface area contributed by atoms with Gasteiger partial charge in [0.1, 0.15) is 0 Å². The molecule has 0 aliphatic heterocycles. The minimum atomic E-state index is -4.54. The largest absolute Gasteiger partial charge is 0.417 e. The molecule has 1 aromatic heterocycles. The molecule has 8 heteroatoms. The van der Waals surface area contributed by atoms with Crippen molar-refractivity contribution in [1.29, 1.82) is 5.26 Å². The van der Waals surface area contributed by atoms with Crippen LogP contribution in [0.25, 0.3) is 11.3 Å². The number of benzene rings is 1. The summed E-state index contributed by atoms with van der Waals surface area (Å²) >= 11 is 17.8. The quantitative estimate of drug-likeness (QED) is 0.631. The maximum atomic E-state index is 12.8. The van der Waals surface area contributed by atoms with Gasteiger partial charge in [0.15, 0.2) is 0 Å². The average Bonchev–Trinajstić information content (AvgIpc) is 2.45. The van der Waals surface area contributed by atoms with Crippen molar-refractivity contribution in [2.75, 3.05) is 0 Å². The predicted molar refractivity (Wildman–Crippen MR) is 79.0 cm³/mol. The molecule has 0 N–H and O–H groups in total. The molecule has 22 heavy (non-hydrogen) atoms. The Morgan fingerprint density at radius 3 is 2.41 bits per heavy atom. The summed E-state index contributed by atoms with van der Waals surface area (Å²) in [6, 6.07) is 5.64. The molecule has 0 radical (unpaired) electrons. The summed E-state index contributed by atoms with van der Waals surface area (Å²) in [4.78, 5) is 3.81. The van der Waals surface area contributed by atoms with Crippen LogP contribution in [0, 0.1) is 11.3 Å². The van der Waals surface area contributed by atoms with Gasteiger partial charge in [-0.3, -0.25) is 4.98 Å². The van der Waals surface area contributed by atoms with E-state index < -0.39 is 11.7 Å². The lowest BCUT2D eigenvalue weighted by Crippen LogP contribution is -2.07. The van der Waals surface area contributed by atoms with Crippen molar-refractivity contribution in [3.8, 4) is 17.3 Å². The number of rotatable bonds is 2. The summed E-state index contributed by atoms with van der Waals surface area (Å²) in [5.74, 6) is 0. The van der Waals surface area contributed by atoms with Gasteiger partial charge in [-0.1, -0.05) is 34.8 Å². The molecule has 1 aromatic carbocycles. The molecule has 0 spiro atoms. The summed E-state index contributed by atoms with van der Waals surface area (Å²) < 4.78 is 38.3. The van der Waals surface area contributed by atoms with E-state index in [1.54, 1.807) is 0 Å². The summed E-state index contributed by atoms with van der Waals surface area (Å²) in [6.45, 7) is 0. The van der Waals surface area contributed by atoms with Crippen LogP contribution in [-0.4, -0.2) is 4.98 Å². The Morgan fingerprint density at radius 1 is 1.14 bits per heavy atom. The monoisotopic (exact) mass is 364 g/mol. The zero-order chi connectivity index (χ0) is 16.5. The minimum absolute atomic E-state index is 0.0700. The highest BCUT2D eigenvalue weighted by molar-refractivity contribution is 6.49. The first-order valence-electron chi connectivity index (χ1n) is 5.82. The molecule has 114 valence electrons. The number of nitrogens with zero attached hydrogens (tertiary/aromatic N) is 2. The number of hydrogen-bond donors (Lipinski definition) is 0. The Morgan fingerprint density at radius 2 is 1.82 bits per heavy atom. The van der Waals surface area contributed by atoms with E-state index in [9.17, 15) is 13.2 Å². The Hall–Kier alpha value is -1.48. The molecule has 0 aliphatic carbocycles. The molecule has 2 rings (SSSR count). The summed E-state index contributed by atoms with van der Waals surface area (Å²) in [6.07, 6.45) is -4.10. The lowest BCUT2D eigenvalue weighted by molar-refractivity contribution is -0.137. The highest BCUT2D eigenvalue weighted by Crippen LogP contribution is 2.39. The van der Waals surface area contributed by atoms with E-state index in [0.717, 1.165) is 6.07 Å². The van der Waals surface area contributed by atoms with Crippen molar-refractivity contribution in [3.63, 3.8) is 0 Å². The third kappa shape index (κ3) is 3.30. The first kappa shape index (κ1) is 16.9. The van der Waals surface area contributed by atoms with E-state index in [4.69, 9.17) is 40.1 Å². The van der Waals surface area contributed by atoms with Gasteiger partial charge in [0, 0.05) is 11.8 Å². The standard InChI is InChI=1S/C14H6Cl3F3N2/c15-10-2-1-9(11(16)12(10)17)13-7(3-4-21)5-8(6-22-13)14(18,19)20/h1-2,5-6H,3H2. The normalized spacial score (nSPS) is 11.3. The second kappa shape index (κ2) is 6.33. The molecular weight excluding hydrogens is 360 g/mol. The van der Waals surface area contributed by atoms with Gasteiger partial charge >= 0.3 is 6.18 Å². The van der Waals surface area contributed by atoms with Crippen molar-refractivity contribution in [2.24, 2.45) is 0 Å². The third-order valence-corrected chi connectivity index (χ3v) is 4.15. The number of nitriles is 1. The summed E-state index contributed by atoms with van der Waals surface area (Å²) in [7, 11) is 0. The van der Waals surface area contributed by atoms with Crippen LogP contribution in [0.15, 0.2) is 24.4 Å². The Labute approximate surface area is 139 Å². The fourth-order valence-electron chi connectivity index (χ4n) is 1.84. The molecule has 0 unspecified atom stereocenters. The zero-order valence-electron chi connectivity index (χ0n) is 10.7. The number of halogens is 6. The van der Waals surface area contributed by atoms with Crippen molar-refractivity contribution in [2.45, 2.75) is 12.6 Å². The van der Waals surface area contributed by atoms with Crippen molar-refractivity contribution >= 4 is 34.8 Å². The molecule has 1 heterocycles. The SMILES string of the molecule is N#CCc1cc(C(F)(F)F)cnc1-c1ccc(Cl)c(Cl)c1Cl. The first-order chi connectivity index (χ1) is 10.3. The summed E-state index contributed by atoms with van der Waals surface area (Å²) in [5.41, 5.74) is -0.344. The van der Waals surface area contributed by atoms with Gasteiger partial charge in [0.05, 0.1) is 38.8 Å². The Kier molecular flexibility index (Phi) is 4.86. The zero-order valence-corrected chi connectivity index (χ0v) is 12.9. The number of aromatic nitrogens is 1. The van der Waals surface area contributed by atoms with Crippen LogP contribution >= 0.6 is 34.8 Å². The van der Waals surface area contributed by atoms with E-state index in [1.165, 1.54) is 12.1 Å². The lowest BCUT2D eigenvalue weighted by Gasteiger charge is -2.13. The molecule has 0 fully saturated rings. The van der Waals surface area contributed by atoms with E-state index in [-0.39, 0.29) is 32.7 Å². The molecule has 0 bridgehead atoms. The second-order valence-electron chi connectivity index (χ2n) is 4.29. The maximum absolute atomic E-state index is 12.8. The van der Waals surface area contributed by atoms with E-state index in [0.29, 0.717) is 11.8 Å². The lowest BCUT2D eigenvalue weighted by atomic mass is 10.0. The molecule has 2 nitrogen and oxygen atoms in total. The fourth-order valence-corrected chi connectivity index (χ4v) is 2.46. The van der Waals surface area contributed by atoms with Crippen LogP contribution in [0.3, 0.4) is 0 Å². The van der Waals surface area contributed by atoms with E-state index in [2.05, 4.69) is 4.98 Å². The van der Waals surface area contributed by atoms with Crippen molar-refractivity contribution < 1.29 is 13.2 Å². The molecule has 2 aromatic rings. The number of alkyl halides is 3. The van der Waals surface area contributed by atoms with Crippen LogP contribution < -0.4 is 0 Å². The molecule has 0 amide bonds. The highest BCUT2D eigenvalue weighted by atomic mass is 35.5. The highest BCUT2D eigenvalue weighted by Gasteiger charge is 2.32. The third-order valence-electron chi connectivity index (χ3n) is 2.85. The van der Waals surface area contributed by atoms with Crippen LogP contribution in [0.4, 0.5) is 13.2 Å². The number of pyridine rings is 1. The molecule has 0 aliphatic rings. The Balaban J connectivity index is 2.66.